The fourth-order valence-corrected chi connectivity index (χ4v) is 1.63. The topological polar surface area (TPSA) is 44.5 Å². The number of nitrogens with two attached hydrogens (primary N) is 1. The van der Waals surface area contributed by atoms with E-state index in [1.165, 1.54) is 20.3 Å². The second-order valence-electron chi connectivity index (χ2n) is 3.99. The molecule has 0 saturated carbocycles. The lowest BCUT2D eigenvalue weighted by Gasteiger charge is -2.16. The highest BCUT2D eigenvalue weighted by Crippen LogP contribution is 2.34. The van der Waals surface area contributed by atoms with E-state index < -0.39 is 30.9 Å². The van der Waals surface area contributed by atoms with E-state index in [9.17, 15) is 17.6 Å². The molecule has 0 heterocycles. The van der Waals surface area contributed by atoms with Crippen LogP contribution in [0.25, 0.3) is 0 Å². The molecule has 0 aliphatic heterocycles. The van der Waals surface area contributed by atoms with Crippen LogP contribution < -0.4 is 15.2 Å². The molecule has 0 aromatic heterocycles. The Balaban J connectivity index is 0.00000361. The molecule has 0 bridgehead atoms. The molecule has 0 spiro atoms. The predicted molar refractivity (Wildman–Crippen MR) is 69.0 cm³/mol. The highest BCUT2D eigenvalue weighted by Gasteiger charge is 2.28. The van der Waals surface area contributed by atoms with E-state index in [0.29, 0.717) is 0 Å². The molecular weight excluding hydrogens is 302 g/mol. The lowest BCUT2D eigenvalue weighted by atomic mass is 10.0. The van der Waals surface area contributed by atoms with Gasteiger partial charge in [0.1, 0.15) is 5.82 Å². The van der Waals surface area contributed by atoms with E-state index in [1.54, 1.807) is 0 Å². The number of benzene rings is 1. The molecule has 0 unspecified atom stereocenters. The third kappa shape index (κ3) is 5.05. The Hall–Kier alpha value is -1.21. The van der Waals surface area contributed by atoms with Gasteiger partial charge in [-0.3, -0.25) is 0 Å². The van der Waals surface area contributed by atoms with Gasteiger partial charge in [-0.05, 0) is 12.5 Å². The van der Waals surface area contributed by atoms with Gasteiger partial charge in [0.25, 0.3) is 0 Å². The SMILES string of the molecule is COc1cc(F)c([C@H](N)CCC(F)(F)F)cc1OC.Cl. The first-order chi connectivity index (χ1) is 8.78. The number of ether oxygens (including phenoxy) is 2. The lowest BCUT2D eigenvalue weighted by Crippen LogP contribution is -2.17. The van der Waals surface area contributed by atoms with Gasteiger partial charge in [-0.15, -0.1) is 12.4 Å². The molecule has 0 fully saturated rings. The van der Waals surface area contributed by atoms with E-state index in [0.717, 1.165) is 6.07 Å². The van der Waals surface area contributed by atoms with Crippen LogP contribution >= 0.6 is 12.4 Å². The van der Waals surface area contributed by atoms with Crippen molar-refractivity contribution in [1.29, 1.82) is 0 Å². The maximum Gasteiger partial charge on any atom is 0.389 e. The maximum atomic E-state index is 13.7. The van der Waals surface area contributed by atoms with Gasteiger partial charge in [-0.1, -0.05) is 0 Å². The molecule has 1 atom stereocenters. The van der Waals surface area contributed by atoms with Crippen molar-refractivity contribution in [3.63, 3.8) is 0 Å². The molecule has 0 aliphatic rings. The van der Waals surface area contributed by atoms with Crippen molar-refractivity contribution < 1.29 is 27.0 Å². The highest BCUT2D eigenvalue weighted by molar-refractivity contribution is 5.85. The lowest BCUT2D eigenvalue weighted by molar-refractivity contribution is -0.136. The zero-order valence-electron chi connectivity index (χ0n) is 11.0. The molecule has 0 radical (unpaired) electrons. The summed E-state index contributed by atoms with van der Waals surface area (Å²) in [5, 5.41) is 0. The van der Waals surface area contributed by atoms with Gasteiger partial charge in [-0.2, -0.15) is 13.2 Å². The Morgan fingerprint density at radius 2 is 1.65 bits per heavy atom. The summed E-state index contributed by atoms with van der Waals surface area (Å²) < 4.78 is 59.9. The minimum Gasteiger partial charge on any atom is -0.493 e. The van der Waals surface area contributed by atoms with Crippen molar-refractivity contribution in [3.05, 3.63) is 23.5 Å². The van der Waals surface area contributed by atoms with Crippen LogP contribution in [0.1, 0.15) is 24.4 Å². The number of hydrogen-bond donors (Lipinski definition) is 1. The molecule has 2 N–H and O–H groups in total. The largest absolute Gasteiger partial charge is 0.493 e. The third-order valence-corrected chi connectivity index (χ3v) is 2.64. The quantitative estimate of drug-likeness (QED) is 0.844. The van der Waals surface area contributed by atoms with E-state index in [4.69, 9.17) is 15.2 Å². The molecule has 116 valence electrons. The summed E-state index contributed by atoms with van der Waals surface area (Å²) in [5.41, 5.74) is 5.56. The molecule has 1 aromatic rings. The summed E-state index contributed by atoms with van der Waals surface area (Å²) >= 11 is 0. The predicted octanol–water partition coefficient (Wildman–Crippen LogP) is 3.61. The zero-order chi connectivity index (χ0) is 14.6. The molecular formula is C12H16ClF4NO2. The number of hydrogen-bond acceptors (Lipinski definition) is 3. The van der Waals surface area contributed by atoms with Crippen LogP contribution in [0.3, 0.4) is 0 Å². The van der Waals surface area contributed by atoms with Crippen molar-refractivity contribution >= 4 is 12.4 Å². The minimum atomic E-state index is -4.31. The maximum absolute atomic E-state index is 13.7. The molecule has 1 rings (SSSR count). The number of halogens is 5. The van der Waals surface area contributed by atoms with E-state index in [1.807, 2.05) is 0 Å². The molecule has 0 saturated heterocycles. The van der Waals surface area contributed by atoms with Gasteiger partial charge < -0.3 is 15.2 Å². The summed E-state index contributed by atoms with van der Waals surface area (Å²) in [7, 11) is 2.68. The van der Waals surface area contributed by atoms with Crippen LogP contribution in [-0.2, 0) is 0 Å². The zero-order valence-corrected chi connectivity index (χ0v) is 11.8. The second-order valence-corrected chi connectivity index (χ2v) is 3.99. The van der Waals surface area contributed by atoms with Crippen LogP contribution in [0.2, 0.25) is 0 Å². The molecule has 0 amide bonds. The Bertz CT molecular complexity index is 440. The number of rotatable bonds is 5. The van der Waals surface area contributed by atoms with Gasteiger partial charge in [0.05, 0.1) is 14.2 Å². The number of alkyl halides is 3. The van der Waals surface area contributed by atoms with Crippen molar-refractivity contribution in [1.82, 2.24) is 0 Å². The first-order valence-electron chi connectivity index (χ1n) is 5.52. The summed E-state index contributed by atoms with van der Waals surface area (Å²) in [4.78, 5) is 0. The van der Waals surface area contributed by atoms with Gasteiger partial charge >= 0.3 is 6.18 Å². The minimum absolute atomic E-state index is 0. The first kappa shape index (κ1) is 18.8. The molecule has 3 nitrogen and oxygen atoms in total. The fraction of sp³-hybridized carbons (Fsp3) is 0.500. The molecule has 1 aromatic carbocycles. The second kappa shape index (κ2) is 7.54. The highest BCUT2D eigenvalue weighted by atomic mass is 35.5. The van der Waals surface area contributed by atoms with Crippen LogP contribution in [-0.4, -0.2) is 20.4 Å². The summed E-state index contributed by atoms with van der Waals surface area (Å²) in [5.74, 6) is -0.333. The van der Waals surface area contributed by atoms with Gasteiger partial charge in [0.2, 0.25) is 0 Å². The smallest absolute Gasteiger partial charge is 0.389 e. The average molecular weight is 318 g/mol. The third-order valence-electron chi connectivity index (χ3n) is 2.64. The summed E-state index contributed by atoms with van der Waals surface area (Å²) in [6.45, 7) is 0. The average Bonchev–Trinajstić information content (AvgIpc) is 2.34. The Morgan fingerprint density at radius 3 is 2.10 bits per heavy atom. The van der Waals surface area contributed by atoms with Crippen molar-refractivity contribution in [3.8, 4) is 11.5 Å². The molecule has 0 aliphatic carbocycles. The number of methoxy groups -OCH3 is 2. The van der Waals surface area contributed by atoms with Gasteiger partial charge in [0, 0.05) is 24.1 Å². The fourth-order valence-electron chi connectivity index (χ4n) is 1.63. The van der Waals surface area contributed by atoms with E-state index in [-0.39, 0.29) is 29.5 Å². The van der Waals surface area contributed by atoms with Crippen molar-refractivity contribution in [2.75, 3.05) is 14.2 Å². The summed E-state index contributed by atoms with van der Waals surface area (Å²) in [6, 6.07) is 1.25. The van der Waals surface area contributed by atoms with E-state index >= 15 is 0 Å². The standard InChI is InChI=1S/C12H15F4NO2.ClH/c1-18-10-5-7(8(13)6-11(10)19-2)9(17)3-4-12(14,15)16;/h5-6,9H,3-4,17H2,1-2H3;1H/t9-;/m1./s1. The van der Waals surface area contributed by atoms with Gasteiger partial charge in [-0.25, -0.2) is 4.39 Å². The first-order valence-corrected chi connectivity index (χ1v) is 5.52. The Kier molecular flexibility index (Phi) is 7.08. The van der Waals surface area contributed by atoms with Crippen LogP contribution in [0.15, 0.2) is 12.1 Å². The van der Waals surface area contributed by atoms with Crippen LogP contribution in [0.5, 0.6) is 11.5 Å². The van der Waals surface area contributed by atoms with Crippen LogP contribution in [0.4, 0.5) is 17.6 Å². The molecule has 20 heavy (non-hydrogen) atoms. The Morgan fingerprint density at radius 1 is 1.15 bits per heavy atom. The normalized spacial score (nSPS) is 12.6. The van der Waals surface area contributed by atoms with Gasteiger partial charge in [0.15, 0.2) is 11.5 Å². The monoisotopic (exact) mass is 317 g/mol. The van der Waals surface area contributed by atoms with Crippen molar-refractivity contribution in [2.45, 2.75) is 25.1 Å². The van der Waals surface area contributed by atoms with Crippen LogP contribution in [0, 0.1) is 5.82 Å². The van der Waals surface area contributed by atoms with E-state index in [2.05, 4.69) is 0 Å². The Labute approximate surface area is 120 Å². The molecule has 8 heteroatoms. The summed E-state index contributed by atoms with van der Waals surface area (Å²) in [6.07, 6.45) is -5.78. The van der Waals surface area contributed by atoms with Crippen molar-refractivity contribution in [2.24, 2.45) is 5.73 Å².